The number of likely N-dealkylation sites (tertiary alicyclic amines) is 1. The number of rotatable bonds is 7. The summed E-state index contributed by atoms with van der Waals surface area (Å²) in [5.41, 5.74) is 0.325. The molecule has 186 valence electrons. The molecule has 0 radical (unpaired) electrons. The Kier molecular flexibility index (Phi) is 7.74. The maximum Gasteiger partial charge on any atom is 0.295 e. The highest BCUT2D eigenvalue weighted by Gasteiger charge is 2.44. The van der Waals surface area contributed by atoms with E-state index in [-0.39, 0.29) is 29.5 Å². The number of amides is 1. The molecule has 0 spiro atoms. The topological polar surface area (TPSA) is 83.3 Å². The van der Waals surface area contributed by atoms with Crippen LogP contribution >= 0.6 is 11.6 Å². The molecule has 0 saturated carbocycles. The van der Waals surface area contributed by atoms with Gasteiger partial charge in [0.25, 0.3) is 5.91 Å². The summed E-state index contributed by atoms with van der Waals surface area (Å²) in [4.78, 5) is 28.9. The Bertz CT molecular complexity index is 1150. The number of benzene rings is 2. The molecule has 1 unspecified atom stereocenters. The molecule has 0 aromatic heterocycles. The predicted octanol–water partition coefficient (Wildman–Crippen LogP) is 1.41. The number of ketones is 1. The lowest BCUT2D eigenvalue weighted by Crippen LogP contribution is -3.14. The number of halogens is 2. The Balaban J connectivity index is 1.73. The summed E-state index contributed by atoms with van der Waals surface area (Å²) in [5, 5.41) is 13.9. The standard InChI is InChI=1S/C26H28ClFN2O5/c1-16(2)35-21-7-6-18(15-20(21)28)24(31)22-23(17-4-3-5-19(27)14-17)30(26(33)25(22)32)9-8-29-10-12-34-13-11-29/h3-7,14-16,23,31H,8-13H2,1-2H3. The van der Waals surface area contributed by atoms with Crippen LogP contribution in [-0.4, -0.2) is 62.1 Å². The molecule has 1 amide bonds. The van der Waals surface area contributed by atoms with Gasteiger partial charge in [-0.3, -0.25) is 9.59 Å². The van der Waals surface area contributed by atoms with Crippen LogP contribution < -0.4 is 14.7 Å². The fourth-order valence-corrected chi connectivity index (χ4v) is 4.66. The number of quaternary nitrogens is 1. The number of morpholine rings is 1. The predicted molar refractivity (Wildman–Crippen MR) is 126 cm³/mol. The van der Waals surface area contributed by atoms with Crippen molar-refractivity contribution in [3.63, 3.8) is 0 Å². The fourth-order valence-electron chi connectivity index (χ4n) is 4.46. The number of hydrogen-bond acceptors (Lipinski definition) is 5. The first-order valence-electron chi connectivity index (χ1n) is 11.7. The first kappa shape index (κ1) is 25.2. The molecule has 35 heavy (non-hydrogen) atoms. The maximum absolute atomic E-state index is 14.6. The van der Waals surface area contributed by atoms with E-state index in [0.717, 1.165) is 19.2 Å². The van der Waals surface area contributed by atoms with E-state index in [9.17, 15) is 19.1 Å². The smallest absolute Gasteiger partial charge is 0.295 e. The van der Waals surface area contributed by atoms with Crippen LogP contribution in [-0.2, 0) is 14.3 Å². The zero-order chi connectivity index (χ0) is 25.1. The highest BCUT2D eigenvalue weighted by atomic mass is 35.5. The molecule has 1 atom stereocenters. The van der Waals surface area contributed by atoms with Gasteiger partial charge < -0.3 is 24.4 Å². The summed E-state index contributed by atoms with van der Waals surface area (Å²) in [6.07, 6.45) is -0.246. The first-order chi connectivity index (χ1) is 16.8. The zero-order valence-corrected chi connectivity index (χ0v) is 20.4. The summed E-state index contributed by atoms with van der Waals surface area (Å²) in [6, 6.07) is 9.65. The van der Waals surface area contributed by atoms with Gasteiger partial charge in [-0.25, -0.2) is 4.39 Å². The number of nitrogens with one attached hydrogen (secondary N) is 1. The third kappa shape index (κ3) is 5.50. The molecular formula is C26H28ClFN2O5. The van der Waals surface area contributed by atoms with Crippen molar-refractivity contribution in [2.45, 2.75) is 26.0 Å². The van der Waals surface area contributed by atoms with Crippen molar-refractivity contribution >= 4 is 29.1 Å². The summed E-state index contributed by atoms with van der Waals surface area (Å²) < 4.78 is 25.4. The van der Waals surface area contributed by atoms with E-state index < -0.39 is 29.3 Å². The number of nitrogens with zero attached hydrogens (tertiary/aromatic N) is 1. The second kappa shape index (κ2) is 10.8. The number of carbonyl (C=O) groups excluding carboxylic acids is 2. The van der Waals surface area contributed by atoms with E-state index >= 15 is 0 Å². The molecule has 2 aromatic carbocycles. The van der Waals surface area contributed by atoms with Crippen LogP contribution in [0.4, 0.5) is 4.39 Å². The fraction of sp³-hybridized carbons (Fsp3) is 0.385. The summed E-state index contributed by atoms with van der Waals surface area (Å²) in [6.45, 7) is 7.30. The molecule has 2 aliphatic rings. The van der Waals surface area contributed by atoms with Crippen molar-refractivity contribution in [1.29, 1.82) is 0 Å². The summed E-state index contributed by atoms with van der Waals surface area (Å²) >= 11 is 6.20. The highest BCUT2D eigenvalue weighted by Crippen LogP contribution is 2.39. The quantitative estimate of drug-likeness (QED) is 0.351. The molecule has 2 fully saturated rings. The Morgan fingerprint density at radius 1 is 1.23 bits per heavy atom. The van der Waals surface area contributed by atoms with Gasteiger partial charge >= 0.3 is 0 Å². The lowest BCUT2D eigenvalue weighted by atomic mass is 9.95. The molecule has 2 saturated heterocycles. The van der Waals surface area contributed by atoms with Gasteiger partial charge in [0, 0.05) is 10.6 Å². The van der Waals surface area contributed by atoms with E-state index in [1.807, 2.05) is 0 Å². The Labute approximate surface area is 208 Å². The van der Waals surface area contributed by atoms with Crippen LogP contribution in [0.5, 0.6) is 5.75 Å². The van der Waals surface area contributed by atoms with E-state index in [0.29, 0.717) is 30.3 Å². The summed E-state index contributed by atoms with van der Waals surface area (Å²) in [5.74, 6) is -3.01. The van der Waals surface area contributed by atoms with Crippen molar-refractivity contribution in [3.05, 3.63) is 70.0 Å². The molecule has 2 heterocycles. The first-order valence-corrected chi connectivity index (χ1v) is 12.0. The second-order valence-corrected chi connectivity index (χ2v) is 9.39. The highest BCUT2D eigenvalue weighted by molar-refractivity contribution is 6.46. The van der Waals surface area contributed by atoms with Gasteiger partial charge in [-0.2, -0.15) is 0 Å². The van der Waals surface area contributed by atoms with Gasteiger partial charge in [0.05, 0.1) is 38.4 Å². The van der Waals surface area contributed by atoms with Crippen LogP contribution in [0.25, 0.3) is 5.76 Å². The molecule has 2 aromatic rings. The van der Waals surface area contributed by atoms with Gasteiger partial charge in [-0.15, -0.1) is 0 Å². The average Bonchev–Trinajstić information content (AvgIpc) is 3.09. The molecule has 4 rings (SSSR count). The van der Waals surface area contributed by atoms with Crippen LogP contribution in [0, 0.1) is 5.82 Å². The van der Waals surface area contributed by atoms with Crippen molar-refractivity contribution in [2.75, 3.05) is 39.4 Å². The molecule has 2 aliphatic heterocycles. The maximum atomic E-state index is 14.6. The number of carbonyl (C=O) groups is 2. The Morgan fingerprint density at radius 3 is 2.63 bits per heavy atom. The summed E-state index contributed by atoms with van der Waals surface area (Å²) in [7, 11) is 0. The average molecular weight is 503 g/mol. The lowest BCUT2D eigenvalue weighted by Gasteiger charge is -2.30. The lowest BCUT2D eigenvalue weighted by molar-refractivity contribution is -0.907. The molecule has 0 aliphatic carbocycles. The Hall–Kier alpha value is -2.94. The minimum absolute atomic E-state index is 0.0110. The monoisotopic (exact) mass is 502 g/mol. The van der Waals surface area contributed by atoms with Gasteiger partial charge in [-0.05, 0) is 49.2 Å². The number of ether oxygens (including phenoxy) is 2. The van der Waals surface area contributed by atoms with Crippen LogP contribution in [0.2, 0.25) is 5.02 Å². The molecule has 9 heteroatoms. The third-order valence-corrected chi connectivity index (χ3v) is 6.39. The second-order valence-electron chi connectivity index (χ2n) is 8.95. The van der Waals surface area contributed by atoms with Crippen LogP contribution in [0.3, 0.4) is 0 Å². The van der Waals surface area contributed by atoms with Crippen LogP contribution in [0.1, 0.15) is 31.0 Å². The van der Waals surface area contributed by atoms with Gasteiger partial charge in [0.2, 0.25) is 5.78 Å². The van der Waals surface area contributed by atoms with Gasteiger partial charge in [0.15, 0.2) is 11.6 Å². The van der Waals surface area contributed by atoms with Gasteiger partial charge in [0.1, 0.15) is 13.1 Å². The number of Topliss-reactive ketones (excluding diaryl/α,β-unsaturated/α-hetero) is 1. The van der Waals surface area contributed by atoms with Crippen molar-refractivity contribution in [3.8, 4) is 5.75 Å². The number of hydrogen-bond donors (Lipinski definition) is 1. The normalized spacial score (nSPS) is 20.6. The zero-order valence-electron chi connectivity index (χ0n) is 19.7. The van der Waals surface area contributed by atoms with E-state index in [2.05, 4.69) is 0 Å². The van der Waals surface area contributed by atoms with E-state index in [4.69, 9.17) is 21.1 Å². The van der Waals surface area contributed by atoms with E-state index in [1.165, 1.54) is 21.9 Å². The Morgan fingerprint density at radius 2 is 1.97 bits per heavy atom. The van der Waals surface area contributed by atoms with Crippen molar-refractivity contribution in [1.82, 2.24) is 4.90 Å². The molecule has 0 bridgehead atoms. The molecule has 1 N–H and O–H groups in total. The van der Waals surface area contributed by atoms with E-state index in [1.54, 1.807) is 38.1 Å². The molecular weight excluding hydrogens is 475 g/mol. The van der Waals surface area contributed by atoms with Gasteiger partial charge in [-0.1, -0.05) is 35.6 Å². The SMILES string of the molecule is CC(C)Oc1ccc(C([O-])=C2C(=O)C(=O)N(CC[NH+]3CCOCC3)C2c2cccc(Cl)c2)cc1F. The largest absolute Gasteiger partial charge is 0.872 e. The van der Waals surface area contributed by atoms with Crippen LogP contribution in [0.15, 0.2) is 48.0 Å². The van der Waals surface area contributed by atoms with Crippen molar-refractivity contribution < 1.29 is 33.5 Å². The molecule has 7 nitrogen and oxygen atoms in total. The minimum Gasteiger partial charge on any atom is -0.872 e. The van der Waals surface area contributed by atoms with Crippen molar-refractivity contribution in [2.24, 2.45) is 0 Å². The minimum atomic E-state index is -0.906. The third-order valence-electron chi connectivity index (χ3n) is 6.16.